The predicted octanol–water partition coefficient (Wildman–Crippen LogP) is 5.33. The Morgan fingerprint density at radius 3 is 2.72 bits per heavy atom. The molecule has 0 spiro atoms. The Balaban J connectivity index is 1.55. The Bertz CT molecular complexity index is 1310. The number of nitrogens with zero attached hydrogens (tertiary/aromatic N) is 1. The highest BCUT2D eigenvalue weighted by atomic mass is 32.1. The van der Waals surface area contributed by atoms with Crippen molar-refractivity contribution in [3.05, 3.63) is 87.5 Å². The number of thiophene rings is 1. The lowest BCUT2D eigenvalue weighted by molar-refractivity contribution is 0.0607. The number of benzene rings is 2. The van der Waals surface area contributed by atoms with Crippen LogP contribution in [0.2, 0.25) is 0 Å². The minimum absolute atomic E-state index is 0.335. The van der Waals surface area contributed by atoms with E-state index in [0.717, 1.165) is 27.7 Å². The summed E-state index contributed by atoms with van der Waals surface area (Å²) in [6.45, 7) is 0.473. The van der Waals surface area contributed by atoms with Crippen LogP contribution in [0.1, 0.15) is 32.5 Å². The quantitative estimate of drug-likeness (QED) is 0.415. The monoisotopic (exact) mass is 449 g/mol. The minimum Gasteiger partial charge on any atom is -0.465 e. The zero-order valence-corrected chi connectivity index (χ0v) is 18.0. The molecule has 2 N–H and O–H groups in total. The molecule has 1 aliphatic rings. The van der Waals surface area contributed by atoms with Crippen molar-refractivity contribution < 1.29 is 18.7 Å². The number of fused-ring (bicyclic) bond motifs is 3. The highest BCUT2D eigenvalue weighted by molar-refractivity contribution is 7.12. The zero-order valence-electron chi connectivity index (χ0n) is 17.2. The molecule has 0 aliphatic carbocycles. The normalized spacial score (nSPS) is 15.4. The summed E-state index contributed by atoms with van der Waals surface area (Å²) in [5.41, 5.74) is 4.28. The molecule has 162 valence electrons. The third kappa shape index (κ3) is 3.42. The van der Waals surface area contributed by atoms with Crippen LogP contribution in [0.25, 0.3) is 10.9 Å². The smallest absolute Gasteiger partial charge is 0.350 e. The molecule has 4 aromatic rings. The minimum atomic E-state index is -0.498. The number of H-pyrrole nitrogens is 1. The highest BCUT2D eigenvalue weighted by Gasteiger charge is 2.35. The second-order valence-electron chi connectivity index (χ2n) is 7.55. The van der Waals surface area contributed by atoms with Crippen molar-refractivity contribution in [3.63, 3.8) is 0 Å². The van der Waals surface area contributed by atoms with Gasteiger partial charge in [0, 0.05) is 23.1 Å². The van der Waals surface area contributed by atoms with Crippen molar-refractivity contribution in [1.82, 2.24) is 9.88 Å². The molecule has 3 heterocycles. The van der Waals surface area contributed by atoms with E-state index >= 15 is 0 Å². The molecule has 2 aromatic heterocycles. The fraction of sp³-hybridized carbons (Fsp3) is 0.167. The van der Waals surface area contributed by atoms with Gasteiger partial charge in [0.25, 0.3) is 0 Å². The number of para-hydroxylation sites is 1. The van der Waals surface area contributed by atoms with Gasteiger partial charge in [-0.1, -0.05) is 30.3 Å². The third-order valence-corrected chi connectivity index (χ3v) is 6.65. The van der Waals surface area contributed by atoms with Crippen molar-refractivity contribution in [2.24, 2.45) is 0 Å². The van der Waals surface area contributed by atoms with Gasteiger partial charge in [-0.3, -0.25) is 0 Å². The van der Waals surface area contributed by atoms with Gasteiger partial charge in [0.1, 0.15) is 10.7 Å². The van der Waals surface area contributed by atoms with Gasteiger partial charge in [-0.05, 0) is 47.2 Å². The number of esters is 1. The van der Waals surface area contributed by atoms with Gasteiger partial charge in [-0.2, -0.15) is 0 Å². The van der Waals surface area contributed by atoms with Crippen LogP contribution in [0, 0.1) is 5.82 Å². The van der Waals surface area contributed by atoms with Gasteiger partial charge in [0.2, 0.25) is 0 Å². The van der Waals surface area contributed by atoms with E-state index in [1.54, 1.807) is 28.5 Å². The van der Waals surface area contributed by atoms with Gasteiger partial charge in [0.05, 0.1) is 18.8 Å². The lowest BCUT2D eigenvalue weighted by Crippen LogP contribution is -2.43. The van der Waals surface area contributed by atoms with Crippen LogP contribution in [0.4, 0.5) is 14.9 Å². The van der Waals surface area contributed by atoms with Crippen LogP contribution in [-0.4, -0.2) is 35.5 Å². The molecule has 0 saturated carbocycles. The number of carbonyl (C=O) groups excluding carboxylic acids is 2. The average molecular weight is 450 g/mol. The first kappa shape index (κ1) is 20.3. The maximum Gasteiger partial charge on any atom is 0.350 e. The largest absolute Gasteiger partial charge is 0.465 e. The maximum atomic E-state index is 13.6. The molecule has 0 radical (unpaired) electrons. The van der Waals surface area contributed by atoms with E-state index in [9.17, 15) is 14.0 Å². The molecule has 1 atom stereocenters. The van der Waals surface area contributed by atoms with Gasteiger partial charge in [-0.25, -0.2) is 14.0 Å². The number of nitrogens with one attached hydrogen (secondary N) is 2. The summed E-state index contributed by atoms with van der Waals surface area (Å²) in [5, 5.41) is 5.71. The molecule has 32 heavy (non-hydrogen) atoms. The van der Waals surface area contributed by atoms with Crippen LogP contribution in [0.3, 0.4) is 0 Å². The number of methoxy groups -OCH3 is 1. The van der Waals surface area contributed by atoms with E-state index < -0.39 is 12.0 Å². The van der Waals surface area contributed by atoms with E-state index in [0.29, 0.717) is 23.5 Å². The van der Waals surface area contributed by atoms with Gasteiger partial charge >= 0.3 is 12.0 Å². The van der Waals surface area contributed by atoms with Gasteiger partial charge < -0.3 is 19.9 Å². The van der Waals surface area contributed by atoms with E-state index in [1.807, 2.05) is 18.2 Å². The molecule has 8 heteroatoms. The number of ether oxygens (including phenoxy) is 1. The molecule has 1 aliphatic heterocycles. The predicted molar refractivity (Wildman–Crippen MR) is 122 cm³/mol. The van der Waals surface area contributed by atoms with Crippen LogP contribution in [0.5, 0.6) is 0 Å². The first-order chi connectivity index (χ1) is 15.6. The summed E-state index contributed by atoms with van der Waals surface area (Å²) in [6.07, 6.45) is 0.679. The molecule has 2 aromatic carbocycles. The Hall–Kier alpha value is -3.65. The standard InChI is InChI=1S/C24H20FN3O3S/c1-31-23(29)22-19(11-13-32-22)27-24(30)28-12-10-17-16-4-2-3-5-18(16)26-20(17)21(28)14-6-8-15(25)9-7-14/h2-9,11,13,21,26H,10,12H2,1H3,(H,27,30)/t21-/m1/s1. The third-order valence-electron chi connectivity index (χ3n) is 5.76. The van der Waals surface area contributed by atoms with Gasteiger partial charge in [-0.15, -0.1) is 11.3 Å². The van der Waals surface area contributed by atoms with Crippen molar-refractivity contribution in [3.8, 4) is 0 Å². The zero-order chi connectivity index (χ0) is 22.2. The summed E-state index contributed by atoms with van der Waals surface area (Å²) in [7, 11) is 1.31. The number of urea groups is 1. The number of aromatic nitrogens is 1. The second-order valence-corrected chi connectivity index (χ2v) is 8.46. The number of halogens is 1. The lowest BCUT2D eigenvalue weighted by Gasteiger charge is -2.36. The van der Waals surface area contributed by atoms with Crippen LogP contribution < -0.4 is 5.32 Å². The molecule has 6 nitrogen and oxygen atoms in total. The van der Waals surface area contributed by atoms with Crippen LogP contribution in [0.15, 0.2) is 60.0 Å². The maximum absolute atomic E-state index is 13.6. The molecule has 0 fully saturated rings. The summed E-state index contributed by atoms with van der Waals surface area (Å²) in [4.78, 5) is 30.9. The summed E-state index contributed by atoms with van der Waals surface area (Å²) in [5.74, 6) is -0.833. The Morgan fingerprint density at radius 1 is 1.16 bits per heavy atom. The van der Waals surface area contributed by atoms with Crippen molar-refractivity contribution >= 4 is 39.9 Å². The topological polar surface area (TPSA) is 74.4 Å². The van der Waals surface area contributed by atoms with Gasteiger partial charge in [0.15, 0.2) is 0 Å². The molecule has 0 unspecified atom stereocenters. The summed E-state index contributed by atoms with van der Waals surface area (Å²) >= 11 is 1.21. The number of rotatable bonds is 3. The number of amides is 2. The SMILES string of the molecule is COC(=O)c1sccc1NC(=O)N1CCc2c([nH]c3ccccc23)[C@H]1c1ccc(F)cc1. The van der Waals surface area contributed by atoms with E-state index in [-0.39, 0.29) is 11.8 Å². The van der Waals surface area contributed by atoms with Crippen molar-refractivity contribution in [2.75, 3.05) is 19.0 Å². The highest BCUT2D eigenvalue weighted by Crippen LogP contribution is 2.39. The van der Waals surface area contributed by atoms with Crippen molar-refractivity contribution in [2.45, 2.75) is 12.5 Å². The first-order valence-electron chi connectivity index (χ1n) is 10.1. The molecule has 5 rings (SSSR count). The fourth-order valence-electron chi connectivity index (χ4n) is 4.30. The first-order valence-corrected chi connectivity index (χ1v) is 11.0. The molecular formula is C24H20FN3O3S. The molecule has 2 amide bonds. The number of anilines is 1. The summed E-state index contributed by atoms with van der Waals surface area (Å²) < 4.78 is 18.4. The number of aromatic amines is 1. The molecular weight excluding hydrogens is 429 g/mol. The van der Waals surface area contributed by atoms with Crippen LogP contribution >= 0.6 is 11.3 Å². The van der Waals surface area contributed by atoms with E-state index in [1.165, 1.54) is 30.6 Å². The Kier molecular flexibility index (Phi) is 5.14. The molecule has 0 saturated heterocycles. The lowest BCUT2D eigenvalue weighted by atomic mass is 9.92. The van der Waals surface area contributed by atoms with Crippen molar-refractivity contribution in [1.29, 1.82) is 0 Å². The number of hydrogen-bond acceptors (Lipinski definition) is 4. The van der Waals surface area contributed by atoms with Crippen LogP contribution in [-0.2, 0) is 11.2 Å². The van der Waals surface area contributed by atoms with E-state index in [2.05, 4.69) is 16.4 Å². The Labute approximate surface area is 187 Å². The second kappa shape index (κ2) is 8.12. The average Bonchev–Trinajstić information content (AvgIpc) is 3.43. The summed E-state index contributed by atoms with van der Waals surface area (Å²) in [6, 6.07) is 15.1. The molecule has 0 bridgehead atoms. The van der Waals surface area contributed by atoms with E-state index in [4.69, 9.17) is 4.74 Å². The number of carbonyl (C=O) groups is 2. The Morgan fingerprint density at radius 2 is 1.94 bits per heavy atom. The fourth-order valence-corrected chi connectivity index (χ4v) is 5.06. The number of hydrogen-bond donors (Lipinski definition) is 2.